The van der Waals surface area contributed by atoms with Crippen LogP contribution in [0.1, 0.15) is 27.2 Å². The van der Waals surface area contributed by atoms with Gasteiger partial charge in [-0.15, -0.1) is 0 Å². The molecule has 0 aromatic carbocycles. The molecule has 0 aromatic rings. The molecule has 8 heteroatoms. The first-order valence-corrected chi connectivity index (χ1v) is 7.52. The summed E-state index contributed by atoms with van der Waals surface area (Å²) in [5.41, 5.74) is 0. The first-order chi connectivity index (χ1) is 11.2. The van der Waals surface area contributed by atoms with Crippen molar-refractivity contribution in [3.05, 3.63) is 24.3 Å². The van der Waals surface area contributed by atoms with Crippen LogP contribution in [-0.4, -0.2) is 58.6 Å². The van der Waals surface area contributed by atoms with Gasteiger partial charge in [0.15, 0.2) is 0 Å². The molecule has 0 bridgehead atoms. The van der Waals surface area contributed by atoms with Crippen LogP contribution in [0.5, 0.6) is 0 Å². The third kappa shape index (κ3) is 6.93. The van der Waals surface area contributed by atoms with E-state index < -0.39 is 48.4 Å². The number of hydrogen-bond acceptors (Lipinski definition) is 8. The first kappa shape index (κ1) is 19.9. The summed E-state index contributed by atoms with van der Waals surface area (Å²) in [6.07, 6.45) is -0.961. The molecule has 5 atom stereocenters. The van der Waals surface area contributed by atoms with E-state index in [9.17, 15) is 24.6 Å². The van der Waals surface area contributed by atoms with E-state index in [1.165, 1.54) is 20.8 Å². The Morgan fingerprint density at radius 3 is 1.83 bits per heavy atom. The zero-order valence-electron chi connectivity index (χ0n) is 13.7. The average molecular weight is 342 g/mol. The fraction of sp³-hybridized carbons (Fsp3) is 0.562. The molecule has 2 N–H and O–H groups in total. The second-order valence-electron chi connectivity index (χ2n) is 5.49. The van der Waals surface area contributed by atoms with E-state index in [1.54, 1.807) is 0 Å². The van der Waals surface area contributed by atoms with Gasteiger partial charge in [0.05, 0.1) is 6.42 Å². The van der Waals surface area contributed by atoms with E-state index in [-0.39, 0.29) is 6.42 Å². The molecule has 0 aliphatic carbocycles. The van der Waals surface area contributed by atoms with Crippen molar-refractivity contribution >= 4 is 17.9 Å². The van der Waals surface area contributed by atoms with Gasteiger partial charge in [-0.25, -0.2) is 9.59 Å². The van der Waals surface area contributed by atoms with Crippen molar-refractivity contribution in [1.29, 1.82) is 0 Å². The third-order valence-electron chi connectivity index (χ3n) is 3.21. The summed E-state index contributed by atoms with van der Waals surface area (Å²) in [6, 6.07) is 0. The van der Waals surface area contributed by atoms with Crippen LogP contribution < -0.4 is 0 Å². The molecule has 0 amide bonds. The first-order valence-electron chi connectivity index (χ1n) is 7.52. The van der Waals surface area contributed by atoms with Gasteiger partial charge in [0.1, 0.15) is 30.5 Å². The highest BCUT2D eigenvalue weighted by Gasteiger charge is 2.21. The molecule has 0 saturated heterocycles. The van der Waals surface area contributed by atoms with Gasteiger partial charge in [-0.05, 0) is 32.9 Å². The molecule has 134 valence electrons. The molecule has 0 aromatic heterocycles. The SMILES string of the molecule is C[C@@H]1OC(=O)C[C@H](C)OC(=O)/C=C/[C@@H](O)[C@@H](C)OC(=O)/C=C/[C@H]1O. The van der Waals surface area contributed by atoms with Crippen molar-refractivity contribution in [3.63, 3.8) is 0 Å². The van der Waals surface area contributed by atoms with E-state index in [2.05, 4.69) is 0 Å². The highest BCUT2D eigenvalue weighted by Crippen LogP contribution is 2.08. The predicted octanol–water partition coefficient (Wildman–Crippen LogP) is 0.0194. The van der Waals surface area contributed by atoms with Crippen LogP contribution in [0.2, 0.25) is 0 Å². The Labute approximate surface area is 139 Å². The van der Waals surface area contributed by atoms with E-state index in [1.807, 2.05) is 0 Å². The van der Waals surface area contributed by atoms with Crippen LogP contribution in [0, 0.1) is 0 Å². The minimum Gasteiger partial charge on any atom is -0.459 e. The molecule has 1 heterocycles. The van der Waals surface area contributed by atoms with E-state index in [0.29, 0.717) is 0 Å². The highest BCUT2D eigenvalue weighted by atomic mass is 16.6. The van der Waals surface area contributed by atoms with Crippen molar-refractivity contribution in [1.82, 2.24) is 0 Å². The van der Waals surface area contributed by atoms with E-state index in [0.717, 1.165) is 24.3 Å². The Hall–Kier alpha value is -2.19. The van der Waals surface area contributed by atoms with Gasteiger partial charge in [0, 0.05) is 12.2 Å². The normalized spacial score (nSPS) is 36.2. The van der Waals surface area contributed by atoms with Crippen molar-refractivity contribution in [2.45, 2.75) is 57.7 Å². The molecule has 0 unspecified atom stereocenters. The smallest absolute Gasteiger partial charge is 0.330 e. The second-order valence-corrected chi connectivity index (χ2v) is 5.49. The maximum Gasteiger partial charge on any atom is 0.330 e. The summed E-state index contributed by atoms with van der Waals surface area (Å²) in [6.45, 7) is 4.41. The Morgan fingerprint density at radius 2 is 1.29 bits per heavy atom. The zero-order chi connectivity index (χ0) is 18.3. The van der Waals surface area contributed by atoms with Gasteiger partial charge in [-0.1, -0.05) is 0 Å². The summed E-state index contributed by atoms with van der Waals surface area (Å²) < 4.78 is 14.9. The molecule has 1 rings (SSSR count). The Kier molecular flexibility index (Phi) is 7.60. The Morgan fingerprint density at radius 1 is 0.833 bits per heavy atom. The fourth-order valence-electron chi connectivity index (χ4n) is 1.80. The summed E-state index contributed by atoms with van der Waals surface area (Å²) in [4.78, 5) is 34.9. The largest absolute Gasteiger partial charge is 0.459 e. The van der Waals surface area contributed by atoms with Crippen LogP contribution in [0.25, 0.3) is 0 Å². The molecule has 1 aliphatic heterocycles. The number of aliphatic hydroxyl groups is 2. The minimum absolute atomic E-state index is 0.193. The van der Waals surface area contributed by atoms with Crippen LogP contribution in [0.3, 0.4) is 0 Å². The lowest BCUT2D eigenvalue weighted by molar-refractivity contribution is -0.157. The van der Waals surface area contributed by atoms with Crippen molar-refractivity contribution in [3.8, 4) is 0 Å². The number of carbonyl (C=O) groups excluding carboxylic acids is 3. The van der Waals surface area contributed by atoms with Crippen molar-refractivity contribution in [2.75, 3.05) is 0 Å². The fourth-order valence-corrected chi connectivity index (χ4v) is 1.80. The van der Waals surface area contributed by atoms with Crippen molar-refractivity contribution < 1.29 is 38.8 Å². The summed E-state index contributed by atoms with van der Waals surface area (Å²) in [5.74, 6) is -2.22. The lowest BCUT2D eigenvalue weighted by Gasteiger charge is -2.19. The molecular weight excluding hydrogens is 320 g/mol. The zero-order valence-corrected chi connectivity index (χ0v) is 13.7. The average Bonchev–Trinajstić information content (AvgIpc) is 2.48. The van der Waals surface area contributed by atoms with Gasteiger partial charge >= 0.3 is 17.9 Å². The van der Waals surface area contributed by atoms with Crippen LogP contribution in [-0.2, 0) is 28.6 Å². The van der Waals surface area contributed by atoms with Crippen molar-refractivity contribution in [2.24, 2.45) is 0 Å². The standard InChI is InChI=1S/C16H22O8/c1-9-8-16(21)24-11(3)13(18)5-7-15(20)23-10(2)12(17)4-6-14(19)22-9/h4-7,9-13,17-18H,8H2,1-3H3/b6-4+,7-5+/t9-,10+,11-,12+,13+/m0/s1. The van der Waals surface area contributed by atoms with Crippen LogP contribution in [0.4, 0.5) is 0 Å². The number of carbonyl (C=O) groups is 3. The molecular formula is C16H22O8. The maximum atomic E-state index is 11.7. The summed E-state index contributed by atoms with van der Waals surface area (Å²) >= 11 is 0. The molecule has 8 nitrogen and oxygen atoms in total. The monoisotopic (exact) mass is 342 g/mol. The van der Waals surface area contributed by atoms with Gasteiger partial charge in [-0.2, -0.15) is 0 Å². The third-order valence-corrected chi connectivity index (χ3v) is 3.21. The van der Waals surface area contributed by atoms with Gasteiger partial charge in [0.2, 0.25) is 0 Å². The number of rotatable bonds is 0. The lowest BCUT2D eigenvalue weighted by Crippen LogP contribution is -2.30. The maximum absolute atomic E-state index is 11.7. The number of aliphatic hydroxyl groups excluding tert-OH is 2. The molecule has 0 radical (unpaired) electrons. The van der Waals surface area contributed by atoms with E-state index in [4.69, 9.17) is 14.2 Å². The molecule has 24 heavy (non-hydrogen) atoms. The minimum atomic E-state index is -1.22. The topological polar surface area (TPSA) is 119 Å². The number of cyclic esters (lactones) is 3. The Bertz CT molecular complexity index is 524. The summed E-state index contributed by atoms with van der Waals surface area (Å²) in [7, 11) is 0. The molecule has 1 aliphatic rings. The molecule has 0 fully saturated rings. The predicted molar refractivity (Wildman–Crippen MR) is 81.6 cm³/mol. The van der Waals surface area contributed by atoms with Gasteiger partial charge in [-0.3, -0.25) is 4.79 Å². The quantitative estimate of drug-likeness (QED) is 0.467. The molecule has 0 saturated carbocycles. The Balaban J connectivity index is 2.91. The lowest BCUT2D eigenvalue weighted by atomic mass is 10.2. The number of ether oxygens (including phenoxy) is 3. The van der Waals surface area contributed by atoms with Crippen LogP contribution in [0.15, 0.2) is 24.3 Å². The second kappa shape index (κ2) is 9.19. The summed E-state index contributed by atoms with van der Waals surface area (Å²) in [5, 5.41) is 19.6. The number of esters is 3. The number of hydrogen-bond donors (Lipinski definition) is 2. The van der Waals surface area contributed by atoms with E-state index >= 15 is 0 Å². The highest BCUT2D eigenvalue weighted by molar-refractivity contribution is 5.83. The molecule has 0 spiro atoms. The van der Waals surface area contributed by atoms with Crippen LogP contribution >= 0.6 is 0 Å². The van der Waals surface area contributed by atoms with Gasteiger partial charge < -0.3 is 24.4 Å². The van der Waals surface area contributed by atoms with Gasteiger partial charge in [0.25, 0.3) is 0 Å².